The molecule has 1 aromatic heterocycles. The van der Waals surface area contributed by atoms with Crippen LogP contribution in [-0.4, -0.2) is 42.3 Å². The molecule has 1 fully saturated rings. The zero-order valence-electron chi connectivity index (χ0n) is 21.3. The molecule has 1 aliphatic rings. The Bertz CT molecular complexity index is 1310. The monoisotopic (exact) mass is 506 g/mol. The van der Waals surface area contributed by atoms with Crippen LogP contribution >= 0.6 is 0 Å². The van der Waals surface area contributed by atoms with E-state index in [0.717, 1.165) is 12.8 Å². The molecule has 0 saturated carbocycles. The van der Waals surface area contributed by atoms with Crippen molar-refractivity contribution >= 4 is 23.3 Å². The molecular formula is C28H30N2O7. The maximum atomic E-state index is 13.3. The lowest BCUT2D eigenvalue weighted by molar-refractivity contribution is -0.132. The summed E-state index contributed by atoms with van der Waals surface area (Å²) in [4.78, 5) is 27.8. The molecule has 9 nitrogen and oxygen atoms in total. The number of nitrogens with zero attached hydrogens (tertiary/aromatic N) is 2. The van der Waals surface area contributed by atoms with E-state index in [1.165, 1.54) is 12.0 Å². The lowest BCUT2D eigenvalue weighted by atomic mass is 9.95. The second kappa shape index (κ2) is 11.2. The van der Waals surface area contributed by atoms with Gasteiger partial charge in [-0.15, -0.1) is 0 Å². The summed E-state index contributed by atoms with van der Waals surface area (Å²) in [6.45, 7) is 6.65. The van der Waals surface area contributed by atoms with E-state index in [0.29, 0.717) is 47.3 Å². The fourth-order valence-corrected chi connectivity index (χ4v) is 4.18. The van der Waals surface area contributed by atoms with Crippen molar-refractivity contribution in [2.75, 3.05) is 25.2 Å². The van der Waals surface area contributed by atoms with E-state index in [2.05, 4.69) is 12.1 Å². The Morgan fingerprint density at radius 1 is 1.05 bits per heavy atom. The molecule has 1 atom stereocenters. The minimum Gasteiger partial charge on any atom is -0.507 e. The number of Topliss-reactive ketones (excluding diaryl/α,β-unsaturated/α-hetero) is 1. The van der Waals surface area contributed by atoms with Gasteiger partial charge in [0.05, 0.1) is 31.9 Å². The van der Waals surface area contributed by atoms with Crippen LogP contribution < -0.4 is 19.1 Å². The molecule has 4 rings (SSSR count). The van der Waals surface area contributed by atoms with Crippen molar-refractivity contribution in [2.45, 2.75) is 39.7 Å². The number of hydrogen-bond donors (Lipinski definition) is 1. The minimum absolute atomic E-state index is 0.0727. The van der Waals surface area contributed by atoms with Crippen molar-refractivity contribution in [3.8, 4) is 17.2 Å². The minimum atomic E-state index is -0.977. The van der Waals surface area contributed by atoms with Crippen LogP contribution in [-0.2, 0) is 9.59 Å². The van der Waals surface area contributed by atoms with Crippen molar-refractivity contribution < 1.29 is 33.4 Å². The van der Waals surface area contributed by atoms with Crippen LogP contribution in [0.5, 0.6) is 17.2 Å². The molecule has 0 radical (unpaired) electrons. The molecule has 9 heteroatoms. The predicted molar refractivity (Wildman–Crippen MR) is 137 cm³/mol. The number of ketones is 1. The van der Waals surface area contributed by atoms with Crippen LogP contribution in [0.4, 0.5) is 5.82 Å². The molecule has 1 saturated heterocycles. The van der Waals surface area contributed by atoms with Gasteiger partial charge in [-0.05, 0) is 62.2 Å². The molecule has 0 aliphatic carbocycles. The summed E-state index contributed by atoms with van der Waals surface area (Å²) in [6, 6.07) is 12.4. The lowest BCUT2D eigenvalue weighted by Crippen LogP contribution is -2.29. The molecular weight excluding hydrogens is 476 g/mol. The van der Waals surface area contributed by atoms with Gasteiger partial charge in [0.2, 0.25) is 0 Å². The number of aliphatic hydroxyl groups excluding tert-OH is 1. The van der Waals surface area contributed by atoms with Gasteiger partial charge >= 0.3 is 5.91 Å². The largest absolute Gasteiger partial charge is 0.507 e. The fourth-order valence-electron chi connectivity index (χ4n) is 4.18. The highest BCUT2D eigenvalue weighted by Crippen LogP contribution is 2.44. The quantitative estimate of drug-likeness (QED) is 0.173. The number of carbonyl (C=O) groups is 2. The molecule has 0 bridgehead atoms. The summed E-state index contributed by atoms with van der Waals surface area (Å²) in [5, 5.41) is 15.3. The van der Waals surface area contributed by atoms with E-state index in [-0.39, 0.29) is 17.2 Å². The van der Waals surface area contributed by atoms with Gasteiger partial charge in [0.15, 0.2) is 17.3 Å². The van der Waals surface area contributed by atoms with Gasteiger partial charge in [0, 0.05) is 11.6 Å². The van der Waals surface area contributed by atoms with Crippen LogP contribution in [0.15, 0.2) is 58.6 Å². The number of hydrogen-bond acceptors (Lipinski definition) is 8. The third kappa shape index (κ3) is 5.16. The molecule has 3 aromatic rings. The highest BCUT2D eigenvalue weighted by Gasteiger charge is 2.48. The third-order valence-corrected chi connectivity index (χ3v) is 6.00. The topological polar surface area (TPSA) is 111 Å². The molecule has 2 aromatic carbocycles. The van der Waals surface area contributed by atoms with E-state index >= 15 is 0 Å². The SMILES string of the molecule is CCCCOc1ccc([C@H]2/C(=C(\O)c3ccc(OCC)cc3)C(=O)C(=O)N2c2cc(C)on2)cc1OC. The maximum Gasteiger partial charge on any atom is 0.301 e. The van der Waals surface area contributed by atoms with Gasteiger partial charge in [0.1, 0.15) is 17.3 Å². The molecule has 0 unspecified atom stereocenters. The number of anilines is 1. The zero-order valence-corrected chi connectivity index (χ0v) is 21.3. The summed E-state index contributed by atoms with van der Waals surface area (Å²) < 4.78 is 22.1. The molecule has 1 amide bonds. The van der Waals surface area contributed by atoms with Crippen LogP contribution in [0.1, 0.15) is 49.6 Å². The Labute approximate surface area is 215 Å². The Morgan fingerprint density at radius 3 is 2.43 bits per heavy atom. The van der Waals surface area contributed by atoms with Crippen LogP contribution in [0.25, 0.3) is 5.76 Å². The van der Waals surface area contributed by atoms with Crippen molar-refractivity contribution in [3.63, 3.8) is 0 Å². The first kappa shape index (κ1) is 25.8. The van der Waals surface area contributed by atoms with Gasteiger partial charge in [-0.2, -0.15) is 0 Å². The molecule has 1 N–H and O–H groups in total. The van der Waals surface area contributed by atoms with Gasteiger partial charge in [-0.25, -0.2) is 0 Å². The average Bonchev–Trinajstić information content (AvgIpc) is 3.44. The fraction of sp³-hybridized carbons (Fsp3) is 0.321. The number of aliphatic hydroxyl groups is 1. The number of unbranched alkanes of at least 4 members (excludes halogenated alkanes) is 1. The van der Waals surface area contributed by atoms with Gasteiger partial charge < -0.3 is 23.8 Å². The zero-order chi connectivity index (χ0) is 26.5. The number of methoxy groups -OCH3 is 1. The normalized spacial score (nSPS) is 16.8. The number of amides is 1. The van der Waals surface area contributed by atoms with E-state index < -0.39 is 17.7 Å². The molecule has 2 heterocycles. The smallest absolute Gasteiger partial charge is 0.301 e. The average molecular weight is 507 g/mol. The van der Waals surface area contributed by atoms with Crippen molar-refractivity contribution in [1.82, 2.24) is 5.16 Å². The van der Waals surface area contributed by atoms with Gasteiger partial charge in [-0.1, -0.05) is 24.6 Å². The lowest BCUT2D eigenvalue weighted by Gasteiger charge is -2.24. The Balaban J connectivity index is 1.84. The van der Waals surface area contributed by atoms with E-state index in [1.54, 1.807) is 55.5 Å². The first-order valence-corrected chi connectivity index (χ1v) is 12.2. The number of aromatic nitrogens is 1. The molecule has 1 aliphatic heterocycles. The van der Waals surface area contributed by atoms with E-state index in [9.17, 15) is 14.7 Å². The van der Waals surface area contributed by atoms with Gasteiger partial charge in [0.25, 0.3) is 5.78 Å². The van der Waals surface area contributed by atoms with Crippen LogP contribution in [0, 0.1) is 6.92 Å². The van der Waals surface area contributed by atoms with E-state index in [4.69, 9.17) is 18.7 Å². The second-order valence-electron chi connectivity index (χ2n) is 8.53. The number of rotatable bonds is 10. The van der Waals surface area contributed by atoms with E-state index in [1.807, 2.05) is 6.92 Å². The third-order valence-electron chi connectivity index (χ3n) is 6.00. The van der Waals surface area contributed by atoms with Crippen molar-refractivity contribution in [3.05, 3.63) is 71.0 Å². The highest BCUT2D eigenvalue weighted by molar-refractivity contribution is 6.51. The van der Waals surface area contributed by atoms with Crippen LogP contribution in [0.3, 0.4) is 0 Å². The number of aryl methyl sites for hydroxylation is 1. The molecule has 0 spiro atoms. The summed E-state index contributed by atoms with van der Waals surface area (Å²) in [5.41, 5.74) is 0.831. The van der Waals surface area contributed by atoms with Crippen LogP contribution in [0.2, 0.25) is 0 Å². The first-order chi connectivity index (χ1) is 17.9. The molecule has 37 heavy (non-hydrogen) atoms. The Hall–Kier alpha value is -4.27. The summed E-state index contributed by atoms with van der Waals surface area (Å²) in [7, 11) is 1.52. The molecule has 194 valence electrons. The number of benzene rings is 2. The Morgan fingerprint density at radius 2 is 1.81 bits per heavy atom. The highest BCUT2D eigenvalue weighted by atomic mass is 16.5. The number of ether oxygens (including phenoxy) is 3. The summed E-state index contributed by atoms with van der Waals surface area (Å²) >= 11 is 0. The maximum absolute atomic E-state index is 13.3. The Kier molecular flexibility index (Phi) is 7.81. The summed E-state index contributed by atoms with van der Waals surface area (Å²) in [6.07, 6.45) is 1.87. The predicted octanol–water partition coefficient (Wildman–Crippen LogP) is 5.20. The van der Waals surface area contributed by atoms with Crippen molar-refractivity contribution in [1.29, 1.82) is 0 Å². The first-order valence-electron chi connectivity index (χ1n) is 12.2. The van der Waals surface area contributed by atoms with Gasteiger partial charge in [-0.3, -0.25) is 14.5 Å². The summed E-state index contributed by atoms with van der Waals surface area (Å²) in [5.74, 6) is 0.273. The second-order valence-corrected chi connectivity index (χ2v) is 8.53. The number of carbonyl (C=O) groups excluding carboxylic acids is 2. The van der Waals surface area contributed by atoms with Crippen molar-refractivity contribution in [2.24, 2.45) is 0 Å². The standard InChI is InChI=1S/C28H30N2O7/c1-5-7-14-36-21-13-10-19(16-22(21)34-4)25-24(26(31)18-8-11-20(12-9-18)35-6-2)27(32)28(33)30(25)23-15-17(3)37-29-23/h8-13,15-16,25,31H,5-7,14H2,1-4H3/b26-24+/t25-/m0/s1.